The minimum atomic E-state index is -3.89. The van der Waals surface area contributed by atoms with Gasteiger partial charge in [0.25, 0.3) is 5.91 Å². The van der Waals surface area contributed by atoms with Crippen LogP contribution in [0.4, 0.5) is 10.1 Å². The number of aromatic nitrogens is 1. The lowest BCUT2D eigenvalue weighted by atomic mass is 10.2. The molecule has 1 unspecified atom stereocenters. The first-order valence-corrected chi connectivity index (χ1v) is 10.2. The molecule has 1 aliphatic heterocycles. The third kappa shape index (κ3) is 4.16. The van der Waals surface area contributed by atoms with Gasteiger partial charge in [-0.05, 0) is 31.0 Å². The van der Waals surface area contributed by atoms with Gasteiger partial charge < -0.3 is 14.6 Å². The quantitative estimate of drug-likeness (QED) is 0.724. The number of nitrogens with one attached hydrogen (secondary N) is 2. The first-order valence-electron chi connectivity index (χ1n) is 8.73. The maximum atomic E-state index is 13.5. The summed E-state index contributed by atoms with van der Waals surface area (Å²) in [7, 11) is -2.37. The number of sulfonamides is 1. The van der Waals surface area contributed by atoms with E-state index in [1.807, 2.05) is 0 Å². The van der Waals surface area contributed by atoms with Gasteiger partial charge in [0.2, 0.25) is 10.0 Å². The summed E-state index contributed by atoms with van der Waals surface area (Å²) in [4.78, 5) is 12.7. The van der Waals surface area contributed by atoms with Gasteiger partial charge in [-0.15, -0.1) is 6.58 Å². The third-order valence-electron chi connectivity index (χ3n) is 4.42. The fourth-order valence-corrected chi connectivity index (χ4v) is 4.46. The van der Waals surface area contributed by atoms with Crippen LogP contribution in [-0.4, -0.2) is 31.5 Å². The molecule has 0 aliphatic carbocycles. The average Bonchev–Trinajstić information content (AvgIpc) is 2.96. The largest absolute Gasteiger partial charge is 0.488 e. The molecule has 1 atom stereocenters. The number of rotatable bonds is 5. The van der Waals surface area contributed by atoms with Crippen molar-refractivity contribution < 1.29 is 22.3 Å². The summed E-state index contributed by atoms with van der Waals surface area (Å²) in [5, 5.41) is 11.5. The molecular weight excluding hydrogens is 399 g/mol. The van der Waals surface area contributed by atoms with Crippen LogP contribution in [0.15, 0.2) is 41.9 Å². The highest BCUT2D eigenvalue weighted by atomic mass is 32.2. The van der Waals surface area contributed by atoms with Crippen molar-refractivity contribution in [2.75, 3.05) is 11.9 Å². The molecule has 0 saturated heterocycles. The van der Waals surface area contributed by atoms with Crippen molar-refractivity contribution in [3.63, 3.8) is 0 Å². The molecule has 29 heavy (non-hydrogen) atoms. The van der Waals surface area contributed by atoms with Crippen molar-refractivity contribution in [3.05, 3.63) is 54.1 Å². The second-order valence-electron chi connectivity index (χ2n) is 6.54. The summed E-state index contributed by atoms with van der Waals surface area (Å²) < 4.78 is 48.5. The van der Waals surface area contributed by atoms with E-state index in [2.05, 4.69) is 16.6 Å². The number of halogens is 1. The predicted molar refractivity (Wildman–Crippen MR) is 104 cm³/mol. The van der Waals surface area contributed by atoms with Crippen LogP contribution in [0.3, 0.4) is 0 Å². The van der Waals surface area contributed by atoms with Gasteiger partial charge >= 0.3 is 0 Å². The predicted octanol–water partition coefficient (Wildman–Crippen LogP) is 2.29. The Morgan fingerprint density at radius 3 is 3.00 bits per heavy atom. The molecule has 2 heterocycles. The fraction of sp³-hybridized carbons (Fsp3) is 0.263. The van der Waals surface area contributed by atoms with Crippen LogP contribution in [0.25, 0.3) is 0 Å². The lowest BCUT2D eigenvalue weighted by Gasteiger charge is -2.14. The van der Waals surface area contributed by atoms with E-state index < -0.39 is 27.8 Å². The van der Waals surface area contributed by atoms with Crippen LogP contribution >= 0.6 is 0 Å². The Hall–Kier alpha value is -3.16. The van der Waals surface area contributed by atoms with Crippen molar-refractivity contribution in [3.8, 4) is 11.8 Å². The molecule has 10 heteroatoms. The summed E-state index contributed by atoms with van der Waals surface area (Å²) in [6.45, 7) is 3.68. The number of hydrogen-bond donors (Lipinski definition) is 2. The number of amides is 1. The average molecular weight is 418 g/mol. The molecular formula is C19H19FN4O4S. The molecule has 1 amide bonds. The Morgan fingerprint density at radius 2 is 2.31 bits per heavy atom. The zero-order chi connectivity index (χ0) is 21.2. The molecule has 1 aliphatic rings. The molecule has 0 fully saturated rings. The summed E-state index contributed by atoms with van der Waals surface area (Å²) in [6.07, 6.45) is 4.10. The fourth-order valence-electron chi connectivity index (χ4n) is 3.01. The number of ether oxygens (including phenoxy) is 1. The van der Waals surface area contributed by atoms with Crippen molar-refractivity contribution in [2.24, 2.45) is 7.05 Å². The van der Waals surface area contributed by atoms with E-state index in [1.165, 1.54) is 29.9 Å². The van der Waals surface area contributed by atoms with E-state index in [-0.39, 0.29) is 34.2 Å². The maximum absolute atomic E-state index is 13.5. The normalized spacial score (nSPS) is 17.3. The summed E-state index contributed by atoms with van der Waals surface area (Å²) in [5.74, 6) is -1.41. The third-order valence-corrected chi connectivity index (χ3v) is 5.94. The molecule has 8 nitrogen and oxygen atoms in total. The highest BCUT2D eigenvalue weighted by Gasteiger charge is 2.34. The molecule has 0 bridgehead atoms. The van der Waals surface area contributed by atoms with Gasteiger partial charge in [-0.2, -0.15) is 5.26 Å². The highest BCUT2D eigenvalue weighted by molar-refractivity contribution is 7.89. The number of nitriles is 1. The lowest BCUT2D eigenvalue weighted by molar-refractivity contribution is 0.101. The molecule has 0 radical (unpaired) electrons. The Labute approximate surface area is 167 Å². The van der Waals surface area contributed by atoms with Crippen molar-refractivity contribution >= 4 is 21.6 Å². The second kappa shape index (κ2) is 8.06. The number of carbonyl (C=O) groups excluding carboxylic acids is 1. The van der Waals surface area contributed by atoms with Crippen LogP contribution in [0, 0.1) is 17.1 Å². The Morgan fingerprint density at radius 1 is 1.55 bits per heavy atom. The molecule has 0 saturated carbocycles. The van der Waals surface area contributed by atoms with Crippen LogP contribution in [-0.2, 0) is 17.1 Å². The lowest BCUT2D eigenvalue weighted by Crippen LogP contribution is -2.36. The second-order valence-corrected chi connectivity index (χ2v) is 8.22. The molecule has 3 rings (SSSR count). The SMILES string of the molecule is C=CCCC1COc2c(cn(C)c2C(=O)Nc2ccc(F)c(C#N)c2)S(=O)(=O)N1. The molecule has 1 aromatic carbocycles. The van der Waals surface area contributed by atoms with Gasteiger partial charge in [0.1, 0.15) is 23.4 Å². The molecule has 2 aromatic rings. The first kappa shape index (κ1) is 20.6. The van der Waals surface area contributed by atoms with Gasteiger partial charge in [0.05, 0.1) is 11.6 Å². The van der Waals surface area contributed by atoms with Crippen LogP contribution in [0.1, 0.15) is 28.9 Å². The number of benzene rings is 1. The Balaban J connectivity index is 1.93. The smallest absolute Gasteiger partial charge is 0.276 e. The van der Waals surface area contributed by atoms with Crippen molar-refractivity contribution in [1.82, 2.24) is 9.29 Å². The van der Waals surface area contributed by atoms with Gasteiger partial charge in [0.15, 0.2) is 11.4 Å². The van der Waals surface area contributed by atoms with E-state index in [0.29, 0.717) is 12.8 Å². The topological polar surface area (TPSA) is 113 Å². The number of nitrogens with zero attached hydrogens (tertiary/aromatic N) is 2. The summed E-state index contributed by atoms with van der Waals surface area (Å²) in [6, 6.07) is 4.80. The van der Waals surface area contributed by atoms with Gasteiger partial charge in [-0.25, -0.2) is 17.5 Å². The van der Waals surface area contributed by atoms with E-state index in [9.17, 15) is 17.6 Å². The standard InChI is InChI=1S/C19H19FN4O4S/c1-3-4-5-14-11-28-18-16(29(26,27)23-14)10-24(2)17(18)19(25)22-13-6-7-15(20)12(8-13)9-21/h3,6-8,10,14,23H,1,4-5,11H2,2H3,(H,22,25). The number of allylic oxidation sites excluding steroid dienone is 1. The Kier molecular flexibility index (Phi) is 5.72. The Bertz CT molecular complexity index is 1120. The van der Waals surface area contributed by atoms with E-state index in [4.69, 9.17) is 10.00 Å². The van der Waals surface area contributed by atoms with Crippen LogP contribution < -0.4 is 14.8 Å². The van der Waals surface area contributed by atoms with E-state index >= 15 is 0 Å². The van der Waals surface area contributed by atoms with Crippen LogP contribution in [0.2, 0.25) is 0 Å². The number of anilines is 1. The molecule has 0 spiro atoms. The number of hydrogen-bond acceptors (Lipinski definition) is 5. The maximum Gasteiger partial charge on any atom is 0.276 e. The number of carbonyl (C=O) groups is 1. The number of aryl methyl sites for hydroxylation is 1. The van der Waals surface area contributed by atoms with Crippen molar-refractivity contribution in [2.45, 2.75) is 23.8 Å². The van der Waals surface area contributed by atoms with Crippen LogP contribution in [0.5, 0.6) is 5.75 Å². The highest BCUT2D eigenvalue weighted by Crippen LogP contribution is 2.33. The monoisotopic (exact) mass is 418 g/mol. The molecule has 152 valence electrons. The van der Waals surface area contributed by atoms with E-state index in [1.54, 1.807) is 12.1 Å². The van der Waals surface area contributed by atoms with Crippen molar-refractivity contribution in [1.29, 1.82) is 5.26 Å². The minimum Gasteiger partial charge on any atom is -0.488 e. The number of fused-ring (bicyclic) bond motifs is 1. The first-order chi connectivity index (χ1) is 13.8. The summed E-state index contributed by atoms with van der Waals surface area (Å²) in [5.41, 5.74) is -0.0273. The van der Waals surface area contributed by atoms with Gasteiger partial charge in [0, 0.05) is 18.9 Å². The molecule has 2 N–H and O–H groups in total. The molecule has 1 aromatic heterocycles. The van der Waals surface area contributed by atoms with Gasteiger partial charge in [-0.3, -0.25) is 4.79 Å². The summed E-state index contributed by atoms with van der Waals surface area (Å²) >= 11 is 0. The minimum absolute atomic E-state index is 0.00224. The van der Waals surface area contributed by atoms with E-state index in [0.717, 1.165) is 6.07 Å². The zero-order valence-electron chi connectivity index (χ0n) is 15.6. The van der Waals surface area contributed by atoms with Gasteiger partial charge in [-0.1, -0.05) is 6.08 Å². The zero-order valence-corrected chi connectivity index (χ0v) is 16.4.